The molecule has 2 aromatic carbocycles. The van der Waals surface area contributed by atoms with E-state index in [9.17, 15) is 14.7 Å². The number of nitrogens with zero attached hydrogens (tertiary/aromatic N) is 2. The van der Waals surface area contributed by atoms with Crippen LogP contribution in [0.5, 0.6) is 5.75 Å². The Balaban J connectivity index is 1.64. The van der Waals surface area contributed by atoms with Crippen molar-refractivity contribution < 1.29 is 19.4 Å². The maximum atomic E-state index is 12.9. The molecule has 3 aromatic rings. The van der Waals surface area contributed by atoms with Gasteiger partial charge < -0.3 is 20.5 Å². The molecule has 0 saturated heterocycles. The van der Waals surface area contributed by atoms with Gasteiger partial charge in [0, 0.05) is 5.69 Å². The normalized spacial score (nSPS) is 14.8. The molecule has 1 aliphatic heterocycles. The number of ether oxygens (including phenoxy) is 1. The lowest BCUT2D eigenvalue weighted by molar-refractivity contribution is -0.132. The number of benzene rings is 2. The Morgan fingerprint density at radius 1 is 1.16 bits per heavy atom. The first-order valence-corrected chi connectivity index (χ1v) is 9.86. The smallest absolute Gasteiger partial charge is 0.352 e. The lowest BCUT2D eigenvalue weighted by atomic mass is 10.0. The number of carbonyl (C=O) groups is 2. The van der Waals surface area contributed by atoms with Crippen LogP contribution >= 0.6 is 0 Å². The number of anilines is 2. The Morgan fingerprint density at radius 2 is 1.87 bits per heavy atom. The standard InChI is InChI=1S/C23H22N4O4/c1-3-31-17-10-8-16(9-11-17)25-22(28)18-13-24-27-20(15-6-4-14(2)5-7-15)12-19(23(29)30)26-21(18)27/h4-13,20,26H,3H2,1-2H3,(H,25,28)(H,29,30)/t20-/m1/s1. The second-order valence-corrected chi connectivity index (χ2v) is 7.13. The first kappa shape index (κ1) is 20.2. The number of hydrogen-bond acceptors (Lipinski definition) is 5. The number of carboxylic acid groups (broad SMARTS) is 1. The highest BCUT2D eigenvalue weighted by molar-refractivity contribution is 6.08. The van der Waals surface area contributed by atoms with Crippen LogP contribution in [0.15, 0.2) is 66.5 Å². The maximum Gasteiger partial charge on any atom is 0.352 e. The second kappa shape index (κ2) is 8.35. The second-order valence-electron chi connectivity index (χ2n) is 7.13. The van der Waals surface area contributed by atoms with Gasteiger partial charge in [0.1, 0.15) is 22.8 Å². The Bertz CT molecular complexity index is 1150. The molecule has 8 nitrogen and oxygen atoms in total. The number of carbonyl (C=O) groups excluding carboxylic acids is 1. The van der Waals surface area contributed by atoms with Crippen LogP contribution < -0.4 is 15.4 Å². The van der Waals surface area contributed by atoms with Crippen LogP contribution in [0.1, 0.15) is 34.5 Å². The van der Waals surface area contributed by atoms with E-state index in [0.29, 0.717) is 23.9 Å². The van der Waals surface area contributed by atoms with Crippen LogP contribution in [0.4, 0.5) is 11.5 Å². The Morgan fingerprint density at radius 3 is 2.52 bits per heavy atom. The third-order valence-corrected chi connectivity index (χ3v) is 4.95. The van der Waals surface area contributed by atoms with Crippen molar-refractivity contribution in [2.75, 3.05) is 17.2 Å². The SMILES string of the molecule is CCOc1ccc(NC(=O)c2cnn3c2NC(C(=O)O)=C[C@@H]3c2ccc(C)cc2)cc1. The number of amides is 1. The molecule has 0 spiro atoms. The molecule has 0 unspecified atom stereocenters. The quantitative estimate of drug-likeness (QED) is 0.562. The van der Waals surface area contributed by atoms with Crippen molar-refractivity contribution in [2.45, 2.75) is 19.9 Å². The summed E-state index contributed by atoms with van der Waals surface area (Å²) < 4.78 is 7.03. The Kier molecular flexibility index (Phi) is 5.44. The van der Waals surface area contributed by atoms with Crippen molar-refractivity contribution >= 4 is 23.4 Å². The summed E-state index contributed by atoms with van der Waals surface area (Å²) in [5, 5.41) is 19.6. The zero-order valence-corrected chi connectivity index (χ0v) is 17.1. The van der Waals surface area contributed by atoms with Crippen LogP contribution in [0.2, 0.25) is 0 Å². The molecule has 0 fully saturated rings. The number of aliphatic carboxylic acids is 1. The molecule has 1 aromatic heterocycles. The van der Waals surface area contributed by atoms with E-state index < -0.39 is 17.9 Å². The molecule has 158 valence electrons. The molecule has 31 heavy (non-hydrogen) atoms. The number of carboxylic acids is 1. The van der Waals surface area contributed by atoms with Crippen molar-refractivity contribution in [3.8, 4) is 5.75 Å². The first-order chi connectivity index (χ1) is 15.0. The van der Waals surface area contributed by atoms with Gasteiger partial charge in [0.15, 0.2) is 0 Å². The number of hydrogen-bond donors (Lipinski definition) is 3. The molecule has 2 heterocycles. The minimum absolute atomic E-state index is 0.00584. The lowest BCUT2D eigenvalue weighted by Crippen LogP contribution is -2.25. The third kappa shape index (κ3) is 4.13. The maximum absolute atomic E-state index is 12.9. The summed E-state index contributed by atoms with van der Waals surface area (Å²) in [7, 11) is 0. The highest BCUT2D eigenvalue weighted by atomic mass is 16.5. The van der Waals surface area contributed by atoms with Gasteiger partial charge in [-0.05, 0) is 49.8 Å². The van der Waals surface area contributed by atoms with Gasteiger partial charge in [0.25, 0.3) is 5.91 Å². The molecular formula is C23H22N4O4. The van der Waals surface area contributed by atoms with Crippen LogP contribution in [-0.2, 0) is 4.79 Å². The molecule has 1 atom stereocenters. The zero-order valence-electron chi connectivity index (χ0n) is 17.1. The number of rotatable bonds is 6. The van der Waals surface area contributed by atoms with Crippen molar-refractivity contribution in [1.29, 1.82) is 0 Å². The fourth-order valence-electron chi connectivity index (χ4n) is 3.39. The van der Waals surface area contributed by atoms with Gasteiger partial charge in [0.2, 0.25) is 0 Å². The summed E-state index contributed by atoms with van der Waals surface area (Å²) in [5.41, 5.74) is 2.80. The summed E-state index contributed by atoms with van der Waals surface area (Å²) in [6, 6.07) is 14.3. The van der Waals surface area contributed by atoms with E-state index in [1.807, 2.05) is 38.1 Å². The number of fused-ring (bicyclic) bond motifs is 1. The van der Waals surface area contributed by atoms with Gasteiger partial charge in [-0.3, -0.25) is 4.79 Å². The highest BCUT2D eigenvalue weighted by Gasteiger charge is 2.29. The highest BCUT2D eigenvalue weighted by Crippen LogP contribution is 2.32. The summed E-state index contributed by atoms with van der Waals surface area (Å²) in [5.74, 6) is -0.467. The lowest BCUT2D eigenvalue weighted by Gasteiger charge is -2.24. The van der Waals surface area contributed by atoms with Crippen LogP contribution in [-0.4, -0.2) is 33.4 Å². The minimum atomic E-state index is -1.11. The fourth-order valence-corrected chi connectivity index (χ4v) is 3.39. The van der Waals surface area contributed by atoms with Crippen molar-refractivity contribution in [3.05, 3.63) is 83.2 Å². The van der Waals surface area contributed by atoms with E-state index in [1.165, 1.54) is 6.20 Å². The predicted molar refractivity (Wildman–Crippen MR) is 116 cm³/mol. The van der Waals surface area contributed by atoms with E-state index in [-0.39, 0.29) is 11.3 Å². The largest absolute Gasteiger partial charge is 0.494 e. The Hall–Kier alpha value is -4.07. The van der Waals surface area contributed by atoms with E-state index in [0.717, 1.165) is 11.1 Å². The summed E-state index contributed by atoms with van der Waals surface area (Å²) >= 11 is 0. The average Bonchev–Trinajstić information content (AvgIpc) is 3.19. The van der Waals surface area contributed by atoms with Gasteiger partial charge >= 0.3 is 5.97 Å². The first-order valence-electron chi connectivity index (χ1n) is 9.86. The molecule has 0 radical (unpaired) electrons. The molecule has 1 aliphatic rings. The number of aryl methyl sites for hydroxylation is 1. The molecule has 0 bridgehead atoms. The van der Waals surface area contributed by atoms with Crippen LogP contribution in [0.3, 0.4) is 0 Å². The number of aromatic nitrogens is 2. The summed E-state index contributed by atoms with van der Waals surface area (Å²) in [6.07, 6.45) is 3.02. The monoisotopic (exact) mass is 418 g/mol. The zero-order chi connectivity index (χ0) is 22.0. The van der Waals surface area contributed by atoms with Gasteiger partial charge in [-0.2, -0.15) is 5.10 Å². The van der Waals surface area contributed by atoms with Gasteiger partial charge in [-0.25, -0.2) is 9.48 Å². The number of allylic oxidation sites excluding steroid dienone is 1. The van der Waals surface area contributed by atoms with E-state index in [1.54, 1.807) is 35.0 Å². The Labute approximate surface area is 179 Å². The van der Waals surface area contributed by atoms with E-state index >= 15 is 0 Å². The van der Waals surface area contributed by atoms with Gasteiger partial charge in [-0.1, -0.05) is 29.8 Å². The van der Waals surface area contributed by atoms with E-state index in [2.05, 4.69) is 15.7 Å². The minimum Gasteiger partial charge on any atom is -0.494 e. The topological polar surface area (TPSA) is 105 Å². The van der Waals surface area contributed by atoms with Gasteiger partial charge in [0.05, 0.1) is 18.8 Å². The van der Waals surface area contributed by atoms with Crippen LogP contribution in [0.25, 0.3) is 0 Å². The van der Waals surface area contributed by atoms with Crippen molar-refractivity contribution in [3.63, 3.8) is 0 Å². The molecule has 0 aliphatic carbocycles. The molecule has 3 N–H and O–H groups in total. The van der Waals surface area contributed by atoms with Crippen molar-refractivity contribution in [2.24, 2.45) is 0 Å². The predicted octanol–water partition coefficient (Wildman–Crippen LogP) is 3.83. The van der Waals surface area contributed by atoms with Gasteiger partial charge in [-0.15, -0.1) is 0 Å². The fraction of sp³-hybridized carbons (Fsp3) is 0.174. The van der Waals surface area contributed by atoms with Crippen LogP contribution in [0, 0.1) is 6.92 Å². The number of nitrogens with one attached hydrogen (secondary N) is 2. The van der Waals surface area contributed by atoms with E-state index in [4.69, 9.17) is 4.74 Å². The third-order valence-electron chi connectivity index (χ3n) is 4.95. The average molecular weight is 418 g/mol. The molecule has 8 heteroatoms. The molecule has 4 rings (SSSR count). The molecular weight excluding hydrogens is 396 g/mol. The molecule has 1 amide bonds. The summed E-state index contributed by atoms with van der Waals surface area (Å²) in [4.78, 5) is 24.6. The van der Waals surface area contributed by atoms with Crippen molar-refractivity contribution in [1.82, 2.24) is 9.78 Å². The molecule has 0 saturated carbocycles. The summed E-state index contributed by atoms with van der Waals surface area (Å²) in [6.45, 7) is 4.44.